The summed E-state index contributed by atoms with van der Waals surface area (Å²) >= 11 is 0. The van der Waals surface area contributed by atoms with Gasteiger partial charge in [0.15, 0.2) is 11.9 Å². The summed E-state index contributed by atoms with van der Waals surface area (Å²) in [5, 5.41) is 16.7. The van der Waals surface area contributed by atoms with Gasteiger partial charge in [0.2, 0.25) is 23.6 Å². The molecule has 0 aromatic carbocycles. The number of phosphoric ester groups is 1. The van der Waals surface area contributed by atoms with Crippen LogP contribution in [-0.4, -0.2) is 129 Å². The van der Waals surface area contributed by atoms with Crippen LogP contribution in [0.15, 0.2) is 24.3 Å². The van der Waals surface area contributed by atoms with E-state index in [1.807, 2.05) is 0 Å². The third kappa shape index (κ3) is 51.4. The molecule has 0 rings (SSSR count). The monoisotopic (exact) mass is 1200 g/mol. The van der Waals surface area contributed by atoms with Gasteiger partial charge < -0.3 is 35.4 Å². The molecule has 0 aliphatic carbocycles. The number of ketones is 2. The average molecular weight is 1200 g/mol. The Morgan fingerprint density at radius 2 is 0.940 bits per heavy atom. The SMILES string of the molecule is CCCCCCCC/C=C\CCCCCCCC(=O)OCC(COP(=O)(OC)OCCNC(=O)CCCCC(=O)CCC(=O)NCC(=O)N(CC(=O)O)CC(=O)CCC(=O)NCC)OC(=O)CCCCCCC/C=C\CCCCCCCC. The van der Waals surface area contributed by atoms with Gasteiger partial charge in [-0.05, 0) is 84.0 Å². The first-order valence-electron chi connectivity index (χ1n) is 31.5. The number of aliphatic carboxylic acids is 1. The second-order valence-corrected chi connectivity index (χ2v) is 23.0. The third-order valence-corrected chi connectivity index (χ3v) is 15.0. The summed E-state index contributed by atoms with van der Waals surface area (Å²) < 4.78 is 40.5. The Bertz CT molecular complexity index is 1900. The summed E-state index contributed by atoms with van der Waals surface area (Å²) in [5.41, 5.74) is 0. The van der Waals surface area contributed by atoms with Crippen LogP contribution in [0.2, 0.25) is 0 Å². The Morgan fingerprint density at radius 3 is 1.46 bits per heavy atom. The second kappa shape index (κ2) is 55.1. The minimum atomic E-state index is -4.21. The van der Waals surface area contributed by atoms with E-state index >= 15 is 0 Å². The number of carbonyl (C=O) groups excluding carboxylic acids is 8. The smallest absolute Gasteiger partial charge is 0.474 e. The molecule has 0 spiro atoms. The van der Waals surface area contributed by atoms with Gasteiger partial charge in [0.1, 0.15) is 18.9 Å². The van der Waals surface area contributed by atoms with Crippen LogP contribution in [0.3, 0.4) is 0 Å². The second-order valence-electron chi connectivity index (χ2n) is 21.2. The molecule has 2 atom stereocenters. The number of hydrogen-bond acceptors (Lipinski definition) is 15. The zero-order valence-electron chi connectivity index (χ0n) is 51.5. The van der Waals surface area contributed by atoms with E-state index in [0.717, 1.165) is 89.1 Å². The molecule has 0 saturated heterocycles. The molecule has 4 N–H and O–H groups in total. The van der Waals surface area contributed by atoms with Crippen LogP contribution in [0.25, 0.3) is 0 Å². The normalized spacial score (nSPS) is 12.4. The van der Waals surface area contributed by atoms with Crippen LogP contribution < -0.4 is 16.0 Å². The molecule has 0 radical (unpaired) electrons. The summed E-state index contributed by atoms with van der Waals surface area (Å²) in [5.74, 6) is -5.23. The first-order chi connectivity index (χ1) is 40.1. The van der Waals surface area contributed by atoms with E-state index in [-0.39, 0.29) is 88.7 Å². The van der Waals surface area contributed by atoms with E-state index in [0.29, 0.717) is 32.2 Å². The summed E-state index contributed by atoms with van der Waals surface area (Å²) in [4.78, 5) is 112. The highest BCUT2D eigenvalue weighted by molar-refractivity contribution is 7.48. The van der Waals surface area contributed by atoms with Crippen molar-refractivity contribution in [2.45, 2.75) is 258 Å². The van der Waals surface area contributed by atoms with E-state index < -0.39 is 75.7 Å². The van der Waals surface area contributed by atoms with Crippen LogP contribution in [0.4, 0.5) is 0 Å². The number of esters is 2. The number of amides is 4. The van der Waals surface area contributed by atoms with Crippen LogP contribution in [-0.2, 0) is 70.8 Å². The maximum absolute atomic E-state index is 13.4. The lowest BCUT2D eigenvalue weighted by molar-refractivity contribution is -0.161. The van der Waals surface area contributed by atoms with Crippen molar-refractivity contribution in [2.75, 3.05) is 59.7 Å². The number of ether oxygens (including phenoxy) is 2. The predicted octanol–water partition coefficient (Wildman–Crippen LogP) is 11.8. The summed E-state index contributed by atoms with van der Waals surface area (Å²) in [6, 6.07) is 0. The van der Waals surface area contributed by atoms with Crippen LogP contribution in [0.1, 0.15) is 252 Å². The predicted molar refractivity (Wildman–Crippen MR) is 322 cm³/mol. The van der Waals surface area contributed by atoms with E-state index in [4.69, 9.17) is 23.0 Å². The lowest BCUT2D eigenvalue weighted by Crippen LogP contribution is -2.45. The van der Waals surface area contributed by atoms with Gasteiger partial charge in [0.05, 0.1) is 26.3 Å². The highest BCUT2D eigenvalue weighted by atomic mass is 31.2. The van der Waals surface area contributed by atoms with Crippen LogP contribution in [0, 0.1) is 0 Å². The molecule has 0 aliphatic heterocycles. The average Bonchev–Trinajstić information content (AvgIpc) is 3.49. The van der Waals surface area contributed by atoms with Crippen molar-refractivity contribution in [3.63, 3.8) is 0 Å². The Kier molecular flexibility index (Phi) is 51.9. The van der Waals surface area contributed by atoms with Crippen molar-refractivity contribution >= 4 is 60.9 Å². The van der Waals surface area contributed by atoms with Gasteiger partial charge in [-0.3, -0.25) is 56.7 Å². The number of nitrogens with one attached hydrogen (secondary N) is 3. The van der Waals surface area contributed by atoms with Gasteiger partial charge in [0.25, 0.3) is 0 Å². The van der Waals surface area contributed by atoms with Crippen molar-refractivity contribution in [1.29, 1.82) is 0 Å². The van der Waals surface area contributed by atoms with E-state index in [9.17, 15) is 52.8 Å². The largest absolute Gasteiger partial charge is 0.480 e. The van der Waals surface area contributed by atoms with Crippen molar-refractivity contribution in [3.8, 4) is 0 Å². The molecule has 4 amide bonds. The number of carbonyl (C=O) groups is 9. The molecule has 0 saturated carbocycles. The molecule has 0 aliphatic rings. The number of rotatable bonds is 59. The lowest BCUT2D eigenvalue weighted by Gasteiger charge is -2.21. The maximum Gasteiger partial charge on any atom is 0.474 e. The first kappa shape index (κ1) is 78.2. The van der Waals surface area contributed by atoms with Gasteiger partial charge in [-0.2, -0.15) is 0 Å². The zero-order chi connectivity index (χ0) is 61.4. The lowest BCUT2D eigenvalue weighted by atomic mass is 10.1. The molecule has 0 heterocycles. The number of allylic oxidation sites excluding steroid dienone is 4. The molecule has 2 unspecified atom stereocenters. The van der Waals surface area contributed by atoms with Gasteiger partial charge in [0, 0.05) is 71.6 Å². The van der Waals surface area contributed by atoms with Crippen molar-refractivity contribution in [3.05, 3.63) is 24.3 Å². The Morgan fingerprint density at radius 1 is 0.482 bits per heavy atom. The quantitative estimate of drug-likeness (QED) is 0.0191. The number of nitrogens with zero attached hydrogens (tertiary/aromatic N) is 1. The van der Waals surface area contributed by atoms with E-state index in [2.05, 4.69) is 54.1 Å². The molecule has 20 nitrogen and oxygen atoms in total. The van der Waals surface area contributed by atoms with Gasteiger partial charge in [-0.15, -0.1) is 0 Å². The molecule has 83 heavy (non-hydrogen) atoms. The van der Waals surface area contributed by atoms with E-state index in [1.165, 1.54) is 77.0 Å². The Labute approximate surface area is 497 Å². The van der Waals surface area contributed by atoms with Gasteiger partial charge in [-0.25, -0.2) is 4.57 Å². The van der Waals surface area contributed by atoms with Crippen molar-refractivity contribution in [1.82, 2.24) is 20.9 Å². The Balaban J connectivity index is 4.85. The number of carboxylic acid groups (broad SMARTS) is 1. The fourth-order valence-corrected chi connectivity index (χ4v) is 9.59. The van der Waals surface area contributed by atoms with Gasteiger partial charge >= 0.3 is 25.7 Å². The van der Waals surface area contributed by atoms with Gasteiger partial charge in [-0.1, -0.05) is 141 Å². The topological polar surface area (TPSA) is 276 Å². The molecule has 0 bridgehead atoms. The van der Waals surface area contributed by atoms with Crippen molar-refractivity contribution in [2.24, 2.45) is 0 Å². The first-order valence-corrected chi connectivity index (χ1v) is 33.0. The highest BCUT2D eigenvalue weighted by Crippen LogP contribution is 2.48. The molecule has 21 heteroatoms. The molecular weight excluding hydrogens is 1090 g/mol. The van der Waals surface area contributed by atoms with E-state index in [1.54, 1.807) is 6.92 Å². The molecular formula is C62H109N4O16P. The Hall–Kier alpha value is -4.78. The number of hydrogen-bond donors (Lipinski definition) is 4. The minimum absolute atomic E-state index is 0.0590. The molecule has 0 aromatic heterocycles. The fourth-order valence-electron chi connectivity index (χ4n) is 8.64. The standard InChI is InChI=1S/C62H109N4O16P/c1-5-8-10-12-14-16-18-20-22-24-26-28-30-32-34-40-61(75)79-51-55(82-62(76)41-35-33-31-29-27-25-23-21-19-17-15-13-11-9-6-2)52-81-83(77,78-4)80-47-46-64-56(69)39-37-36-38-53(67)42-44-58(71)65-48-59(72)66(50-60(73)74)49-54(68)43-45-57(70)63-7-3/h20-23,55H,5-19,24-52H2,1-4H3,(H,63,70)(H,64,69)(H,65,71)(H,73,74)/b22-20-,23-21-. The number of unbranched alkanes of at least 4 members (excludes halogenated alkanes) is 23. The molecule has 478 valence electrons. The fraction of sp³-hybridized carbons (Fsp3) is 0.790. The summed E-state index contributed by atoms with van der Waals surface area (Å²) in [6.45, 7) is 3.58. The minimum Gasteiger partial charge on any atom is -0.480 e. The van der Waals surface area contributed by atoms with Crippen LogP contribution >= 0.6 is 7.82 Å². The summed E-state index contributed by atoms with van der Waals surface area (Å²) in [7, 11) is -3.08. The number of carboxylic acids is 1. The number of phosphoric acid groups is 1. The highest BCUT2D eigenvalue weighted by Gasteiger charge is 2.29. The molecule has 0 fully saturated rings. The summed E-state index contributed by atoms with van der Waals surface area (Å²) in [6.07, 6.45) is 38.0. The van der Waals surface area contributed by atoms with Crippen LogP contribution in [0.5, 0.6) is 0 Å². The number of Topliss-reactive ketones (excluding diaryl/α,β-unsaturated/α-hetero) is 2. The molecule has 0 aromatic rings. The zero-order valence-corrected chi connectivity index (χ0v) is 52.4. The maximum atomic E-state index is 13.4. The third-order valence-electron chi connectivity index (χ3n) is 13.6. The van der Waals surface area contributed by atoms with Crippen molar-refractivity contribution < 1.29 is 75.9 Å².